The van der Waals surface area contributed by atoms with Gasteiger partial charge < -0.3 is 20.1 Å². The summed E-state index contributed by atoms with van der Waals surface area (Å²) >= 11 is 0. The molecule has 27 heavy (non-hydrogen) atoms. The Morgan fingerprint density at radius 2 is 2.07 bits per heavy atom. The molecule has 0 aliphatic carbocycles. The third kappa shape index (κ3) is 4.00. The van der Waals surface area contributed by atoms with Crippen LogP contribution in [0.2, 0.25) is 0 Å². The Morgan fingerprint density at radius 3 is 2.78 bits per heavy atom. The highest BCUT2D eigenvalue weighted by molar-refractivity contribution is 5.82. The van der Waals surface area contributed by atoms with E-state index in [0.717, 1.165) is 0 Å². The van der Waals surface area contributed by atoms with Crippen molar-refractivity contribution in [3.8, 4) is 5.75 Å². The molecule has 0 aliphatic rings. The summed E-state index contributed by atoms with van der Waals surface area (Å²) in [4.78, 5) is 38.3. The van der Waals surface area contributed by atoms with E-state index in [1.165, 1.54) is 10.8 Å². The zero-order valence-corrected chi connectivity index (χ0v) is 14.7. The van der Waals surface area contributed by atoms with Gasteiger partial charge in [0.1, 0.15) is 18.0 Å². The molecule has 140 valence electrons. The van der Waals surface area contributed by atoms with Gasteiger partial charge in [-0.05, 0) is 43.3 Å². The van der Waals surface area contributed by atoms with Crippen LogP contribution in [0.5, 0.6) is 5.75 Å². The quantitative estimate of drug-likeness (QED) is 0.585. The number of nitrogens with zero attached hydrogens (tertiary/aromatic N) is 1. The molecular weight excluding hydrogens is 350 g/mol. The molecule has 0 aliphatic heterocycles. The zero-order chi connectivity index (χ0) is 19.4. The lowest BCUT2D eigenvalue weighted by atomic mass is 10.1. The molecule has 3 aromatic rings. The van der Waals surface area contributed by atoms with Crippen LogP contribution in [0.25, 0.3) is 10.9 Å². The first-order valence-corrected chi connectivity index (χ1v) is 8.42. The smallest absolute Gasteiger partial charge is 0.323 e. The van der Waals surface area contributed by atoms with Crippen molar-refractivity contribution in [2.45, 2.75) is 20.0 Å². The van der Waals surface area contributed by atoms with E-state index in [1.54, 1.807) is 36.4 Å². The van der Waals surface area contributed by atoms with Gasteiger partial charge in [-0.25, -0.2) is 0 Å². The topological polar surface area (TPSA) is 113 Å². The van der Waals surface area contributed by atoms with Crippen LogP contribution in [0, 0.1) is 0 Å². The summed E-state index contributed by atoms with van der Waals surface area (Å²) in [7, 11) is 0. The second-order valence-electron chi connectivity index (χ2n) is 5.87. The van der Waals surface area contributed by atoms with Crippen molar-refractivity contribution in [2.24, 2.45) is 0 Å². The van der Waals surface area contributed by atoms with Crippen LogP contribution in [0.4, 0.5) is 5.69 Å². The maximum absolute atomic E-state index is 12.8. The fourth-order valence-corrected chi connectivity index (χ4v) is 2.85. The fraction of sp³-hybridized carbons (Fsp3) is 0.211. The molecule has 0 fully saturated rings. The van der Waals surface area contributed by atoms with Gasteiger partial charge in [0.2, 0.25) is 0 Å². The SMILES string of the molecule is CCOc1ccc2c(c1)cc(CNc1ccc[nH]c1=O)c(=O)n2CC(=O)O. The highest BCUT2D eigenvalue weighted by Crippen LogP contribution is 2.21. The summed E-state index contributed by atoms with van der Waals surface area (Å²) in [5.74, 6) is -0.485. The molecule has 8 heteroatoms. The molecule has 8 nitrogen and oxygen atoms in total. The Bertz CT molecular complexity index is 1100. The number of fused-ring (bicyclic) bond motifs is 1. The average molecular weight is 369 g/mol. The minimum atomic E-state index is -1.11. The predicted molar refractivity (Wildman–Crippen MR) is 101 cm³/mol. The first kappa shape index (κ1) is 18.2. The number of aliphatic carboxylic acids is 1. The number of rotatable bonds is 7. The van der Waals surface area contributed by atoms with Crippen LogP contribution < -0.4 is 21.2 Å². The van der Waals surface area contributed by atoms with Gasteiger partial charge in [0.25, 0.3) is 11.1 Å². The lowest BCUT2D eigenvalue weighted by Crippen LogP contribution is -2.28. The number of carboxylic acid groups (broad SMARTS) is 1. The summed E-state index contributed by atoms with van der Waals surface area (Å²) < 4.78 is 6.69. The number of carbonyl (C=O) groups is 1. The number of ether oxygens (including phenoxy) is 1. The molecule has 0 atom stereocenters. The standard InChI is InChI=1S/C19H19N3O5/c1-2-27-14-5-6-16-12(9-14)8-13(19(26)22(16)11-17(23)24)10-21-15-4-3-7-20-18(15)25/h3-9,21H,2,10-11H2,1H3,(H,20,25)(H,23,24). The number of hydrogen-bond acceptors (Lipinski definition) is 5. The van der Waals surface area contributed by atoms with E-state index >= 15 is 0 Å². The third-order valence-electron chi connectivity index (χ3n) is 4.03. The lowest BCUT2D eigenvalue weighted by Gasteiger charge is -2.13. The highest BCUT2D eigenvalue weighted by atomic mass is 16.5. The number of pyridine rings is 2. The van der Waals surface area contributed by atoms with Gasteiger partial charge in [0.05, 0.1) is 12.1 Å². The molecule has 3 rings (SSSR count). The summed E-state index contributed by atoms with van der Waals surface area (Å²) in [6, 6.07) is 10.1. The molecule has 0 bridgehead atoms. The Labute approximate surface area is 154 Å². The summed E-state index contributed by atoms with van der Waals surface area (Å²) in [6.45, 7) is 1.98. The van der Waals surface area contributed by atoms with E-state index < -0.39 is 18.1 Å². The monoisotopic (exact) mass is 369 g/mol. The molecule has 0 saturated carbocycles. The number of anilines is 1. The summed E-state index contributed by atoms with van der Waals surface area (Å²) in [6.07, 6.45) is 1.51. The van der Waals surface area contributed by atoms with E-state index in [1.807, 2.05) is 6.92 Å². The molecule has 3 N–H and O–H groups in total. The molecule has 0 radical (unpaired) electrons. The number of benzene rings is 1. The summed E-state index contributed by atoms with van der Waals surface area (Å²) in [5.41, 5.74) is 0.453. The molecular formula is C19H19N3O5. The molecule has 2 aromatic heterocycles. The Hall–Kier alpha value is -3.55. The van der Waals surface area contributed by atoms with Crippen molar-refractivity contribution in [1.82, 2.24) is 9.55 Å². The zero-order valence-electron chi connectivity index (χ0n) is 14.7. The molecule has 0 spiro atoms. The maximum Gasteiger partial charge on any atom is 0.323 e. The second kappa shape index (κ2) is 7.77. The normalized spacial score (nSPS) is 10.7. The Morgan fingerprint density at radius 1 is 1.26 bits per heavy atom. The number of aromatic amines is 1. The fourth-order valence-electron chi connectivity index (χ4n) is 2.85. The van der Waals surface area contributed by atoms with Crippen LogP contribution in [-0.2, 0) is 17.9 Å². The van der Waals surface area contributed by atoms with Crippen molar-refractivity contribution in [3.05, 3.63) is 68.9 Å². The first-order valence-electron chi connectivity index (χ1n) is 8.42. The van der Waals surface area contributed by atoms with Gasteiger partial charge in [-0.1, -0.05) is 0 Å². The van der Waals surface area contributed by atoms with Gasteiger partial charge in [0.15, 0.2) is 0 Å². The number of H-pyrrole nitrogens is 1. The predicted octanol–water partition coefficient (Wildman–Crippen LogP) is 1.79. The maximum atomic E-state index is 12.8. The van der Waals surface area contributed by atoms with Crippen LogP contribution in [-0.4, -0.2) is 27.2 Å². The van der Waals surface area contributed by atoms with Crippen molar-refractivity contribution in [2.75, 3.05) is 11.9 Å². The lowest BCUT2D eigenvalue weighted by molar-refractivity contribution is -0.137. The summed E-state index contributed by atoms with van der Waals surface area (Å²) in [5, 5.41) is 12.8. The average Bonchev–Trinajstić information content (AvgIpc) is 2.64. The van der Waals surface area contributed by atoms with Gasteiger partial charge in [-0.15, -0.1) is 0 Å². The largest absolute Gasteiger partial charge is 0.494 e. The molecule has 0 saturated heterocycles. The van der Waals surface area contributed by atoms with Crippen molar-refractivity contribution in [1.29, 1.82) is 0 Å². The van der Waals surface area contributed by atoms with Crippen LogP contribution in [0.1, 0.15) is 12.5 Å². The van der Waals surface area contributed by atoms with E-state index in [2.05, 4.69) is 10.3 Å². The van der Waals surface area contributed by atoms with Crippen LogP contribution in [0.3, 0.4) is 0 Å². The minimum Gasteiger partial charge on any atom is -0.494 e. The number of aromatic nitrogens is 2. The van der Waals surface area contributed by atoms with E-state index in [-0.39, 0.29) is 12.1 Å². The van der Waals surface area contributed by atoms with Crippen molar-refractivity contribution < 1.29 is 14.6 Å². The Kier molecular flexibility index (Phi) is 5.25. The highest BCUT2D eigenvalue weighted by Gasteiger charge is 2.13. The van der Waals surface area contributed by atoms with E-state index in [4.69, 9.17) is 4.74 Å². The van der Waals surface area contributed by atoms with E-state index in [0.29, 0.717) is 34.5 Å². The molecule has 2 heterocycles. The van der Waals surface area contributed by atoms with Crippen molar-refractivity contribution >= 4 is 22.6 Å². The second-order valence-corrected chi connectivity index (χ2v) is 5.87. The van der Waals surface area contributed by atoms with Crippen molar-refractivity contribution in [3.63, 3.8) is 0 Å². The van der Waals surface area contributed by atoms with Gasteiger partial charge >= 0.3 is 5.97 Å². The third-order valence-corrected chi connectivity index (χ3v) is 4.03. The first-order chi connectivity index (χ1) is 13.0. The number of carboxylic acids is 1. The Balaban J connectivity index is 2.06. The van der Waals surface area contributed by atoms with Gasteiger partial charge in [0, 0.05) is 23.7 Å². The number of nitrogens with one attached hydrogen (secondary N) is 2. The van der Waals surface area contributed by atoms with E-state index in [9.17, 15) is 19.5 Å². The van der Waals surface area contributed by atoms with Crippen LogP contribution in [0.15, 0.2) is 52.2 Å². The number of hydrogen-bond donors (Lipinski definition) is 3. The molecule has 0 unspecified atom stereocenters. The molecule has 1 aromatic carbocycles. The van der Waals surface area contributed by atoms with Gasteiger partial charge in [-0.2, -0.15) is 0 Å². The molecule has 0 amide bonds. The van der Waals surface area contributed by atoms with Gasteiger partial charge in [-0.3, -0.25) is 19.0 Å². The van der Waals surface area contributed by atoms with Crippen LogP contribution >= 0.6 is 0 Å². The minimum absolute atomic E-state index is 0.0837.